The van der Waals surface area contributed by atoms with Crippen LogP contribution in [0.4, 0.5) is 18.3 Å². The molecule has 2 saturated carbocycles. The van der Waals surface area contributed by atoms with Crippen LogP contribution in [-0.4, -0.2) is 35.3 Å². The lowest BCUT2D eigenvalue weighted by Gasteiger charge is -2.37. The number of hydrogen-bond acceptors (Lipinski definition) is 5. The molecule has 1 aromatic carbocycles. The van der Waals surface area contributed by atoms with Crippen molar-refractivity contribution in [2.45, 2.75) is 57.0 Å². The number of nitrogens with zero attached hydrogens (tertiary/aromatic N) is 1. The molecular weight excluding hydrogens is 455 g/mol. The third-order valence-electron chi connectivity index (χ3n) is 5.79. The number of aromatic nitrogens is 1. The van der Waals surface area contributed by atoms with Gasteiger partial charge in [0.1, 0.15) is 0 Å². The summed E-state index contributed by atoms with van der Waals surface area (Å²) in [7, 11) is 0. The number of hydrogen-bond donors (Lipinski definition) is 2. The second-order valence-corrected chi connectivity index (χ2v) is 9.50. The average Bonchev–Trinajstić information content (AvgIpc) is 3.06. The Bertz CT molecular complexity index is 969. The van der Waals surface area contributed by atoms with Gasteiger partial charge in [-0.3, -0.25) is 14.3 Å². The first-order valence-electron chi connectivity index (χ1n) is 10.1. The molecule has 6 nitrogen and oxygen atoms in total. The molecule has 0 atom stereocenters. The zero-order chi connectivity index (χ0) is 22.2. The topological polar surface area (TPSA) is 80.3 Å². The second kappa shape index (κ2) is 8.91. The van der Waals surface area contributed by atoms with Crippen LogP contribution in [0.2, 0.25) is 5.02 Å². The van der Waals surface area contributed by atoms with E-state index in [-0.39, 0.29) is 42.5 Å². The highest BCUT2D eigenvalue weighted by Crippen LogP contribution is 2.34. The molecular formula is C20H21ClF3N3O3S. The van der Waals surface area contributed by atoms with E-state index in [1.54, 1.807) is 12.1 Å². The van der Waals surface area contributed by atoms with Crippen molar-refractivity contribution in [3.63, 3.8) is 0 Å². The predicted molar refractivity (Wildman–Crippen MR) is 111 cm³/mol. The number of halogens is 4. The van der Waals surface area contributed by atoms with Crippen LogP contribution in [0.3, 0.4) is 0 Å². The van der Waals surface area contributed by atoms with Gasteiger partial charge in [0.2, 0.25) is 11.8 Å². The summed E-state index contributed by atoms with van der Waals surface area (Å²) in [5.74, 6) is -0.698. The lowest BCUT2D eigenvalue weighted by atomic mass is 9.80. The number of amides is 2. The van der Waals surface area contributed by atoms with Gasteiger partial charge in [-0.05, 0) is 56.7 Å². The van der Waals surface area contributed by atoms with E-state index in [9.17, 15) is 22.8 Å². The predicted octanol–water partition coefficient (Wildman–Crippen LogP) is 4.88. The molecule has 0 spiro atoms. The van der Waals surface area contributed by atoms with E-state index >= 15 is 0 Å². The highest BCUT2D eigenvalue weighted by Gasteiger charge is 2.41. The Balaban J connectivity index is 1.21. The lowest BCUT2D eigenvalue weighted by Crippen LogP contribution is -2.51. The summed E-state index contributed by atoms with van der Waals surface area (Å²) in [4.78, 5) is 29.4. The summed E-state index contributed by atoms with van der Waals surface area (Å²) < 4.78 is 41.4. The van der Waals surface area contributed by atoms with E-state index in [0.29, 0.717) is 35.8 Å². The van der Waals surface area contributed by atoms with Crippen molar-refractivity contribution in [3.05, 3.63) is 23.2 Å². The molecule has 1 aromatic heterocycles. The van der Waals surface area contributed by atoms with Crippen LogP contribution in [0.1, 0.15) is 38.5 Å². The summed E-state index contributed by atoms with van der Waals surface area (Å²) in [5, 5.41) is 6.75. The third kappa shape index (κ3) is 5.67. The molecule has 0 aliphatic heterocycles. The van der Waals surface area contributed by atoms with E-state index < -0.39 is 12.5 Å². The second-order valence-electron chi connectivity index (χ2n) is 8.03. The fraction of sp³-hybridized carbons (Fsp3) is 0.550. The number of benzene rings is 1. The Morgan fingerprint density at radius 2 is 1.74 bits per heavy atom. The smallest absolute Gasteiger partial charge is 0.353 e. The Morgan fingerprint density at radius 1 is 1.10 bits per heavy atom. The average molecular weight is 476 g/mol. The molecule has 168 valence electrons. The van der Waals surface area contributed by atoms with Gasteiger partial charge in [-0.15, -0.1) is 13.2 Å². The molecule has 2 fully saturated rings. The minimum atomic E-state index is -4.64. The molecule has 2 N–H and O–H groups in total. The maximum absolute atomic E-state index is 12.6. The molecule has 2 amide bonds. The molecule has 0 radical (unpaired) electrons. The summed E-state index contributed by atoms with van der Waals surface area (Å²) in [6.07, 6.45) is -2.92. The minimum Gasteiger partial charge on any atom is -0.353 e. The monoisotopic (exact) mass is 475 g/mol. The molecule has 1 heterocycles. The molecule has 2 aliphatic rings. The number of nitrogens with one attached hydrogen (secondary N) is 2. The molecule has 2 aromatic rings. The van der Waals surface area contributed by atoms with Gasteiger partial charge in [0, 0.05) is 22.9 Å². The SMILES string of the molecule is O=C(Nc1nc2cc(Cl)ccc2s1)C1CCC(C(=O)NC2CC(OC(F)(F)F)C2)CC1. The van der Waals surface area contributed by atoms with Crippen molar-refractivity contribution in [1.29, 1.82) is 0 Å². The van der Waals surface area contributed by atoms with E-state index in [2.05, 4.69) is 20.4 Å². The maximum atomic E-state index is 12.6. The molecule has 0 bridgehead atoms. The van der Waals surface area contributed by atoms with Gasteiger partial charge in [-0.2, -0.15) is 0 Å². The molecule has 11 heteroatoms. The van der Waals surface area contributed by atoms with Gasteiger partial charge < -0.3 is 10.6 Å². The first kappa shape index (κ1) is 22.3. The fourth-order valence-corrected chi connectivity index (χ4v) is 5.08. The van der Waals surface area contributed by atoms with E-state index in [4.69, 9.17) is 11.6 Å². The molecule has 2 aliphatic carbocycles. The van der Waals surface area contributed by atoms with Gasteiger partial charge in [-0.25, -0.2) is 4.98 Å². The highest BCUT2D eigenvalue weighted by atomic mass is 35.5. The number of carbonyl (C=O) groups excluding carboxylic acids is 2. The number of thiazole rings is 1. The van der Waals surface area contributed by atoms with Crippen LogP contribution in [-0.2, 0) is 14.3 Å². The van der Waals surface area contributed by atoms with Gasteiger partial charge >= 0.3 is 6.36 Å². The standard InChI is InChI=1S/C20H21ClF3N3O3S/c21-12-5-6-16-15(7-12)26-19(31-16)27-18(29)11-3-1-10(2-4-11)17(28)25-13-8-14(9-13)30-20(22,23)24/h5-7,10-11,13-14H,1-4,8-9H2,(H,25,28)(H,26,27,29). The number of alkyl halides is 3. The number of anilines is 1. The fourth-order valence-electron chi connectivity index (χ4n) is 4.07. The van der Waals surface area contributed by atoms with Gasteiger partial charge in [0.25, 0.3) is 0 Å². The van der Waals surface area contributed by atoms with Crippen molar-refractivity contribution in [3.8, 4) is 0 Å². The van der Waals surface area contributed by atoms with Gasteiger partial charge in [0.05, 0.1) is 16.3 Å². The highest BCUT2D eigenvalue weighted by molar-refractivity contribution is 7.22. The van der Waals surface area contributed by atoms with Crippen molar-refractivity contribution >= 4 is 50.1 Å². The summed E-state index contributed by atoms with van der Waals surface area (Å²) >= 11 is 7.34. The molecule has 31 heavy (non-hydrogen) atoms. The third-order valence-corrected chi connectivity index (χ3v) is 6.98. The molecule has 4 rings (SSSR count). The lowest BCUT2D eigenvalue weighted by molar-refractivity contribution is -0.351. The normalized spacial score (nSPS) is 26.3. The van der Waals surface area contributed by atoms with E-state index in [0.717, 1.165) is 10.2 Å². The first-order chi connectivity index (χ1) is 14.7. The number of carbonyl (C=O) groups is 2. The zero-order valence-corrected chi connectivity index (χ0v) is 17.9. The first-order valence-corrected chi connectivity index (χ1v) is 11.3. The Morgan fingerprint density at radius 3 is 2.39 bits per heavy atom. The quantitative estimate of drug-likeness (QED) is 0.646. The maximum Gasteiger partial charge on any atom is 0.522 e. The summed E-state index contributed by atoms with van der Waals surface area (Å²) in [6.45, 7) is 0. The van der Waals surface area contributed by atoms with Crippen LogP contribution in [0.15, 0.2) is 18.2 Å². The number of fused-ring (bicyclic) bond motifs is 1. The Kier molecular flexibility index (Phi) is 6.41. The van der Waals surface area contributed by atoms with Crippen LogP contribution in [0.25, 0.3) is 10.2 Å². The number of ether oxygens (including phenoxy) is 1. The van der Waals surface area contributed by atoms with Gasteiger partial charge in [0.15, 0.2) is 5.13 Å². The van der Waals surface area contributed by atoms with E-state index in [1.165, 1.54) is 11.3 Å². The number of rotatable bonds is 5. The van der Waals surface area contributed by atoms with Crippen molar-refractivity contribution < 1.29 is 27.5 Å². The molecule has 0 saturated heterocycles. The van der Waals surface area contributed by atoms with Crippen molar-refractivity contribution in [1.82, 2.24) is 10.3 Å². The Hall–Kier alpha value is -1.91. The zero-order valence-electron chi connectivity index (χ0n) is 16.4. The minimum absolute atomic E-state index is 0.116. The van der Waals surface area contributed by atoms with Crippen molar-refractivity contribution in [2.75, 3.05) is 5.32 Å². The van der Waals surface area contributed by atoms with Crippen LogP contribution < -0.4 is 10.6 Å². The van der Waals surface area contributed by atoms with Gasteiger partial charge in [-0.1, -0.05) is 22.9 Å². The largest absolute Gasteiger partial charge is 0.522 e. The Labute approximate surface area is 185 Å². The van der Waals surface area contributed by atoms with Crippen LogP contribution >= 0.6 is 22.9 Å². The van der Waals surface area contributed by atoms with Crippen molar-refractivity contribution in [2.24, 2.45) is 11.8 Å². The van der Waals surface area contributed by atoms with Crippen LogP contribution in [0.5, 0.6) is 0 Å². The van der Waals surface area contributed by atoms with E-state index in [1.807, 2.05) is 6.07 Å². The molecule has 0 unspecified atom stereocenters. The van der Waals surface area contributed by atoms with Crippen LogP contribution in [0, 0.1) is 11.8 Å². The summed E-state index contributed by atoms with van der Waals surface area (Å²) in [6, 6.07) is 5.09. The summed E-state index contributed by atoms with van der Waals surface area (Å²) in [5.41, 5.74) is 0.729.